The lowest BCUT2D eigenvalue weighted by molar-refractivity contribution is -0.123. The molecule has 0 saturated heterocycles. The van der Waals surface area contributed by atoms with Gasteiger partial charge in [-0.25, -0.2) is 0 Å². The Labute approximate surface area is 517 Å². The van der Waals surface area contributed by atoms with Crippen LogP contribution in [0.25, 0.3) is 0 Å². The third-order valence-electron chi connectivity index (χ3n) is 18.4. The third-order valence-corrected chi connectivity index (χ3v) is 18.4. The molecule has 0 aromatic rings. The van der Waals surface area contributed by atoms with Gasteiger partial charge >= 0.3 is 0 Å². The molecular weight excluding hydrogens is 999 g/mol. The number of nitrogens with one attached hydrogen (secondary N) is 1. The van der Waals surface area contributed by atoms with Crippen LogP contribution in [0, 0.1) is 0 Å². The number of carbonyl (C=O) groups is 1. The number of allylic oxidation sites excluding steroid dienone is 3. The Hall–Kier alpha value is -1.13. The first-order valence-electron chi connectivity index (χ1n) is 38.6. The van der Waals surface area contributed by atoms with E-state index in [1.807, 2.05) is 6.08 Å². The number of carbonyl (C=O) groups excluding carboxylic acids is 1. The van der Waals surface area contributed by atoms with Crippen molar-refractivity contribution in [2.45, 2.75) is 463 Å². The van der Waals surface area contributed by atoms with Crippen LogP contribution < -0.4 is 5.32 Å². The van der Waals surface area contributed by atoms with Gasteiger partial charge in [0.2, 0.25) is 5.91 Å². The van der Waals surface area contributed by atoms with E-state index in [-0.39, 0.29) is 12.5 Å². The molecule has 0 aliphatic rings. The minimum atomic E-state index is -0.838. The quantitative estimate of drug-likeness (QED) is 0.0420. The Balaban J connectivity index is 3.37. The Kier molecular flexibility index (Phi) is 73.1. The van der Waals surface area contributed by atoms with Crippen LogP contribution in [0.1, 0.15) is 450 Å². The molecule has 488 valence electrons. The van der Waals surface area contributed by atoms with E-state index in [0.717, 1.165) is 25.7 Å². The summed E-state index contributed by atoms with van der Waals surface area (Å²) in [6, 6.07) is -0.621. The summed E-state index contributed by atoms with van der Waals surface area (Å²) in [4.78, 5) is 12.6. The first kappa shape index (κ1) is 80.9. The molecule has 0 aliphatic heterocycles. The number of rotatable bonds is 73. The molecule has 0 bridgehead atoms. The molecule has 0 spiro atoms. The van der Waals surface area contributed by atoms with Crippen molar-refractivity contribution in [1.29, 1.82) is 0 Å². The van der Waals surface area contributed by atoms with Gasteiger partial charge in [0.1, 0.15) is 0 Å². The zero-order valence-electron chi connectivity index (χ0n) is 56.6. The fourth-order valence-electron chi connectivity index (χ4n) is 12.6. The molecular formula is C78H153NO3. The first-order valence-corrected chi connectivity index (χ1v) is 38.6. The number of aliphatic hydroxyl groups excluding tert-OH is 2. The van der Waals surface area contributed by atoms with Crippen LogP contribution in [-0.4, -0.2) is 34.9 Å². The van der Waals surface area contributed by atoms with E-state index in [4.69, 9.17) is 0 Å². The Morgan fingerprint density at radius 3 is 0.671 bits per heavy atom. The molecule has 4 heteroatoms. The highest BCUT2D eigenvalue weighted by atomic mass is 16.3. The third kappa shape index (κ3) is 69.6. The number of amides is 1. The van der Waals surface area contributed by atoms with Crippen molar-refractivity contribution >= 4 is 5.91 Å². The van der Waals surface area contributed by atoms with Gasteiger partial charge in [0.25, 0.3) is 0 Å². The monoisotopic (exact) mass is 1150 g/mol. The van der Waals surface area contributed by atoms with Crippen molar-refractivity contribution in [3.05, 3.63) is 24.3 Å². The number of hydrogen-bond donors (Lipinski definition) is 3. The predicted octanol–water partition coefficient (Wildman–Crippen LogP) is 26.5. The van der Waals surface area contributed by atoms with Gasteiger partial charge < -0.3 is 15.5 Å². The molecule has 3 N–H and O–H groups in total. The molecule has 4 nitrogen and oxygen atoms in total. The maximum atomic E-state index is 12.6. The van der Waals surface area contributed by atoms with E-state index >= 15 is 0 Å². The van der Waals surface area contributed by atoms with E-state index < -0.39 is 12.1 Å². The van der Waals surface area contributed by atoms with E-state index in [1.54, 1.807) is 6.08 Å². The minimum absolute atomic E-state index is 0.0529. The van der Waals surface area contributed by atoms with Crippen LogP contribution >= 0.6 is 0 Å². The molecule has 0 aromatic heterocycles. The fraction of sp³-hybridized carbons (Fsp3) is 0.936. The van der Waals surface area contributed by atoms with Gasteiger partial charge in [0, 0.05) is 6.42 Å². The normalized spacial score (nSPS) is 12.7. The molecule has 0 aromatic carbocycles. The smallest absolute Gasteiger partial charge is 0.220 e. The predicted molar refractivity (Wildman–Crippen MR) is 369 cm³/mol. The van der Waals surface area contributed by atoms with E-state index in [1.165, 1.54) is 405 Å². The standard InChI is InChI=1S/C78H153NO3/c1-3-5-7-9-11-13-15-17-19-21-23-25-27-29-31-33-34-35-36-37-38-39-40-41-42-43-44-46-48-50-52-54-56-58-60-62-64-66-68-70-72-74-78(82)79-76(75-80)77(81)73-71-69-67-65-63-61-59-57-55-53-51-49-47-45-32-30-28-26-24-22-20-18-16-14-12-10-8-6-4-2/h21,23,71,73,76-77,80-81H,3-20,22,24-70,72,74-75H2,1-2H3,(H,79,82)/b23-21-,73-71+. The summed E-state index contributed by atoms with van der Waals surface area (Å²) in [7, 11) is 0. The highest BCUT2D eigenvalue weighted by Gasteiger charge is 2.18. The van der Waals surface area contributed by atoms with Crippen LogP contribution in [0.3, 0.4) is 0 Å². The second-order valence-electron chi connectivity index (χ2n) is 26.8. The van der Waals surface area contributed by atoms with Gasteiger partial charge in [-0.05, 0) is 44.9 Å². The van der Waals surface area contributed by atoms with E-state index in [2.05, 4.69) is 31.3 Å². The summed E-state index contributed by atoms with van der Waals surface area (Å²) in [5.74, 6) is -0.0529. The second kappa shape index (κ2) is 74.1. The molecule has 0 saturated carbocycles. The van der Waals surface area contributed by atoms with Crippen molar-refractivity contribution in [1.82, 2.24) is 5.32 Å². The molecule has 2 unspecified atom stereocenters. The molecule has 0 rings (SSSR count). The lowest BCUT2D eigenvalue weighted by Crippen LogP contribution is -2.45. The average molecular weight is 1150 g/mol. The molecule has 0 fully saturated rings. The van der Waals surface area contributed by atoms with Crippen molar-refractivity contribution in [3.8, 4) is 0 Å². The van der Waals surface area contributed by atoms with E-state index in [9.17, 15) is 15.0 Å². The Morgan fingerprint density at radius 2 is 0.463 bits per heavy atom. The fourth-order valence-corrected chi connectivity index (χ4v) is 12.6. The maximum absolute atomic E-state index is 12.6. The van der Waals surface area contributed by atoms with Crippen LogP contribution in [0.5, 0.6) is 0 Å². The Morgan fingerprint density at radius 1 is 0.280 bits per heavy atom. The van der Waals surface area contributed by atoms with Crippen molar-refractivity contribution < 1.29 is 15.0 Å². The summed E-state index contributed by atoms with van der Waals surface area (Å²) in [6.45, 7) is 4.37. The highest BCUT2D eigenvalue weighted by molar-refractivity contribution is 5.76. The van der Waals surface area contributed by atoms with Gasteiger partial charge in [0.05, 0.1) is 18.8 Å². The largest absolute Gasteiger partial charge is 0.394 e. The van der Waals surface area contributed by atoms with Gasteiger partial charge in [0.15, 0.2) is 0 Å². The molecule has 0 radical (unpaired) electrons. The number of aliphatic hydroxyl groups is 2. The summed E-state index contributed by atoms with van der Waals surface area (Å²) in [5, 5.41) is 23.3. The summed E-state index contributed by atoms with van der Waals surface area (Å²) in [6.07, 6.45) is 102. The van der Waals surface area contributed by atoms with Crippen LogP contribution in [0.4, 0.5) is 0 Å². The number of unbranched alkanes of at least 4 members (excludes halogenated alkanes) is 64. The van der Waals surface area contributed by atoms with E-state index in [0.29, 0.717) is 6.42 Å². The SMILES string of the molecule is CCCCCCCCCC/C=C\CCCCCCCCCCCCCCCCCCCCCCCCCCCCCCCC(=O)NC(CO)C(O)/C=C/CCCCCCCCCCCCCCCCCCCCCCCCCCCCC. The van der Waals surface area contributed by atoms with Gasteiger partial charge in [-0.15, -0.1) is 0 Å². The Bertz CT molecular complexity index is 1210. The van der Waals surface area contributed by atoms with Gasteiger partial charge in [-0.2, -0.15) is 0 Å². The zero-order chi connectivity index (χ0) is 59.1. The second-order valence-corrected chi connectivity index (χ2v) is 26.8. The van der Waals surface area contributed by atoms with Gasteiger partial charge in [-0.1, -0.05) is 423 Å². The average Bonchev–Trinajstić information content (AvgIpc) is 3.50. The van der Waals surface area contributed by atoms with Crippen molar-refractivity contribution in [2.75, 3.05) is 6.61 Å². The summed E-state index contributed by atoms with van der Waals surface area (Å²) >= 11 is 0. The van der Waals surface area contributed by atoms with Crippen molar-refractivity contribution in [3.63, 3.8) is 0 Å². The lowest BCUT2D eigenvalue weighted by Gasteiger charge is -2.20. The summed E-state index contributed by atoms with van der Waals surface area (Å²) in [5.41, 5.74) is 0. The molecule has 0 aliphatic carbocycles. The van der Waals surface area contributed by atoms with Crippen LogP contribution in [0.2, 0.25) is 0 Å². The van der Waals surface area contributed by atoms with Crippen LogP contribution in [0.15, 0.2) is 24.3 Å². The molecule has 1 amide bonds. The zero-order valence-corrected chi connectivity index (χ0v) is 56.6. The summed E-state index contributed by atoms with van der Waals surface area (Å²) < 4.78 is 0. The molecule has 2 atom stereocenters. The molecule has 82 heavy (non-hydrogen) atoms. The highest BCUT2D eigenvalue weighted by Crippen LogP contribution is 2.20. The lowest BCUT2D eigenvalue weighted by atomic mass is 10.0. The number of hydrogen-bond acceptors (Lipinski definition) is 3. The molecule has 0 heterocycles. The minimum Gasteiger partial charge on any atom is -0.394 e. The maximum Gasteiger partial charge on any atom is 0.220 e. The van der Waals surface area contributed by atoms with Crippen LogP contribution in [-0.2, 0) is 4.79 Å². The topological polar surface area (TPSA) is 69.6 Å². The van der Waals surface area contributed by atoms with Gasteiger partial charge in [-0.3, -0.25) is 4.79 Å². The van der Waals surface area contributed by atoms with Crippen molar-refractivity contribution in [2.24, 2.45) is 0 Å². The first-order chi connectivity index (χ1) is 40.7.